The minimum Gasteiger partial charge on any atom is -0.375 e. The minimum absolute atomic E-state index is 0.459. The van der Waals surface area contributed by atoms with Crippen LogP contribution >= 0.6 is 11.8 Å². The van der Waals surface area contributed by atoms with Crippen molar-refractivity contribution in [2.24, 2.45) is 0 Å². The van der Waals surface area contributed by atoms with Crippen molar-refractivity contribution in [3.63, 3.8) is 0 Å². The van der Waals surface area contributed by atoms with Gasteiger partial charge in [0.1, 0.15) is 0 Å². The van der Waals surface area contributed by atoms with E-state index in [4.69, 9.17) is 4.74 Å². The summed E-state index contributed by atoms with van der Waals surface area (Å²) in [4.78, 5) is 2.50. The third kappa shape index (κ3) is 3.88. The van der Waals surface area contributed by atoms with Crippen LogP contribution in [0.5, 0.6) is 0 Å². The van der Waals surface area contributed by atoms with Crippen LogP contribution in [-0.2, 0) is 4.74 Å². The lowest BCUT2D eigenvalue weighted by molar-refractivity contribution is -0.0265. The molecule has 1 unspecified atom stereocenters. The molecule has 1 heterocycles. The molecule has 1 aliphatic rings. The molecule has 0 N–H and O–H groups in total. The highest BCUT2D eigenvalue weighted by Gasteiger charge is 2.21. The standard InChI is InChI=1S/C10H21NOS/c1-4-13-8-10-7-11(9(2)3)5-6-12-10/h9-10H,4-8H2,1-3H3. The Morgan fingerprint density at radius 2 is 2.31 bits per heavy atom. The van der Waals surface area contributed by atoms with Gasteiger partial charge in [-0.15, -0.1) is 0 Å². The van der Waals surface area contributed by atoms with Gasteiger partial charge in [0.05, 0.1) is 12.7 Å². The van der Waals surface area contributed by atoms with Gasteiger partial charge in [0.15, 0.2) is 0 Å². The Balaban J connectivity index is 2.25. The summed E-state index contributed by atoms with van der Waals surface area (Å²) in [5.41, 5.74) is 0. The highest BCUT2D eigenvalue weighted by molar-refractivity contribution is 7.99. The average Bonchev–Trinajstić information content (AvgIpc) is 2.15. The van der Waals surface area contributed by atoms with Gasteiger partial charge < -0.3 is 4.74 Å². The van der Waals surface area contributed by atoms with Crippen LogP contribution in [0.1, 0.15) is 20.8 Å². The topological polar surface area (TPSA) is 12.5 Å². The van der Waals surface area contributed by atoms with E-state index in [1.165, 1.54) is 5.75 Å². The predicted molar refractivity (Wildman–Crippen MR) is 59.4 cm³/mol. The maximum Gasteiger partial charge on any atom is 0.0792 e. The summed E-state index contributed by atoms with van der Waals surface area (Å²) < 4.78 is 5.70. The van der Waals surface area contributed by atoms with Gasteiger partial charge in [0, 0.05) is 24.9 Å². The fraction of sp³-hybridized carbons (Fsp3) is 1.00. The van der Waals surface area contributed by atoms with Crippen LogP contribution in [0.25, 0.3) is 0 Å². The Morgan fingerprint density at radius 3 is 2.92 bits per heavy atom. The zero-order valence-electron chi connectivity index (χ0n) is 8.95. The van der Waals surface area contributed by atoms with Crippen LogP contribution in [0.15, 0.2) is 0 Å². The van der Waals surface area contributed by atoms with E-state index < -0.39 is 0 Å². The maximum atomic E-state index is 5.70. The number of hydrogen-bond acceptors (Lipinski definition) is 3. The van der Waals surface area contributed by atoms with Crippen molar-refractivity contribution in [3.8, 4) is 0 Å². The van der Waals surface area contributed by atoms with Crippen LogP contribution in [-0.4, -0.2) is 48.2 Å². The molecule has 2 nitrogen and oxygen atoms in total. The van der Waals surface area contributed by atoms with Gasteiger partial charge in [-0.3, -0.25) is 4.90 Å². The first kappa shape index (κ1) is 11.3. The van der Waals surface area contributed by atoms with Crippen LogP contribution in [0.3, 0.4) is 0 Å². The third-order valence-electron chi connectivity index (χ3n) is 2.41. The molecule has 1 saturated heterocycles. The van der Waals surface area contributed by atoms with Crippen molar-refractivity contribution in [2.45, 2.75) is 32.9 Å². The second-order valence-electron chi connectivity index (χ2n) is 3.74. The zero-order valence-corrected chi connectivity index (χ0v) is 9.77. The fourth-order valence-electron chi connectivity index (χ4n) is 1.56. The van der Waals surface area contributed by atoms with Crippen molar-refractivity contribution >= 4 is 11.8 Å². The molecule has 1 fully saturated rings. The molecule has 0 amide bonds. The molecule has 13 heavy (non-hydrogen) atoms. The summed E-state index contributed by atoms with van der Waals surface area (Å²) in [5, 5.41) is 0. The van der Waals surface area contributed by atoms with Gasteiger partial charge in [-0.25, -0.2) is 0 Å². The zero-order chi connectivity index (χ0) is 9.68. The van der Waals surface area contributed by atoms with Gasteiger partial charge >= 0.3 is 0 Å². The average molecular weight is 203 g/mol. The molecule has 78 valence electrons. The second-order valence-corrected chi connectivity index (χ2v) is 5.06. The normalized spacial score (nSPS) is 25.4. The first-order valence-electron chi connectivity index (χ1n) is 5.17. The van der Waals surface area contributed by atoms with E-state index in [0.29, 0.717) is 12.1 Å². The third-order valence-corrected chi connectivity index (χ3v) is 3.42. The van der Waals surface area contributed by atoms with Crippen molar-refractivity contribution in [1.29, 1.82) is 0 Å². The molecule has 0 radical (unpaired) electrons. The Hall–Kier alpha value is 0.270. The molecule has 0 aliphatic carbocycles. The second kappa shape index (κ2) is 5.89. The van der Waals surface area contributed by atoms with E-state index in [-0.39, 0.29) is 0 Å². The summed E-state index contributed by atoms with van der Waals surface area (Å²) in [7, 11) is 0. The van der Waals surface area contributed by atoms with Crippen molar-refractivity contribution in [1.82, 2.24) is 4.90 Å². The largest absolute Gasteiger partial charge is 0.375 e. The van der Waals surface area contributed by atoms with Gasteiger partial charge in [-0.05, 0) is 19.6 Å². The van der Waals surface area contributed by atoms with Gasteiger partial charge in [-0.1, -0.05) is 6.92 Å². The summed E-state index contributed by atoms with van der Waals surface area (Å²) in [6.07, 6.45) is 0.459. The Kier molecular flexibility index (Phi) is 5.14. The fourth-order valence-corrected chi connectivity index (χ4v) is 2.26. The number of morpholine rings is 1. The molecule has 1 aliphatic heterocycles. The number of nitrogens with zero attached hydrogens (tertiary/aromatic N) is 1. The van der Waals surface area contributed by atoms with E-state index in [1.54, 1.807) is 0 Å². The summed E-state index contributed by atoms with van der Waals surface area (Å²) in [6.45, 7) is 9.85. The summed E-state index contributed by atoms with van der Waals surface area (Å²) in [5.74, 6) is 2.35. The molecule has 0 saturated carbocycles. The van der Waals surface area contributed by atoms with E-state index >= 15 is 0 Å². The number of hydrogen-bond donors (Lipinski definition) is 0. The number of thioether (sulfide) groups is 1. The van der Waals surface area contributed by atoms with Crippen molar-refractivity contribution < 1.29 is 4.74 Å². The van der Waals surface area contributed by atoms with Crippen LogP contribution in [0.2, 0.25) is 0 Å². The quantitative estimate of drug-likeness (QED) is 0.692. The Morgan fingerprint density at radius 1 is 1.54 bits per heavy atom. The van der Waals surface area contributed by atoms with Gasteiger partial charge in [0.25, 0.3) is 0 Å². The monoisotopic (exact) mass is 203 g/mol. The van der Waals surface area contributed by atoms with E-state index in [1.807, 2.05) is 11.8 Å². The van der Waals surface area contributed by atoms with Crippen LogP contribution < -0.4 is 0 Å². The summed E-state index contributed by atoms with van der Waals surface area (Å²) >= 11 is 1.98. The highest BCUT2D eigenvalue weighted by Crippen LogP contribution is 2.13. The molecule has 0 aromatic carbocycles. The van der Waals surface area contributed by atoms with E-state index in [0.717, 1.165) is 25.4 Å². The smallest absolute Gasteiger partial charge is 0.0792 e. The first-order chi connectivity index (χ1) is 6.24. The summed E-state index contributed by atoms with van der Waals surface area (Å²) in [6, 6.07) is 0.665. The highest BCUT2D eigenvalue weighted by atomic mass is 32.2. The lowest BCUT2D eigenvalue weighted by Crippen LogP contribution is -2.46. The van der Waals surface area contributed by atoms with Crippen molar-refractivity contribution in [2.75, 3.05) is 31.2 Å². The molecule has 3 heteroatoms. The molecule has 0 spiro atoms. The lowest BCUT2D eigenvalue weighted by Gasteiger charge is -2.35. The Bertz CT molecular complexity index is 141. The molecular weight excluding hydrogens is 182 g/mol. The molecule has 1 atom stereocenters. The SMILES string of the molecule is CCSCC1CN(C(C)C)CCO1. The molecule has 0 aromatic rings. The predicted octanol–water partition coefficient (Wildman–Crippen LogP) is 1.85. The van der Waals surface area contributed by atoms with Gasteiger partial charge in [0.2, 0.25) is 0 Å². The molecular formula is C10H21NOS. The van der Waals surface area contributed by atoms with Crippen molar-refractivity contribution in [3.05, 3.63) is 0 Å². The Labute approximate surface area is 86.0 Å². The van der Waals surface area contributed by atoms with E-state index in [2.05, 4.69) is 25.7 Å². The molecule has 0 aromatic heterocycles. The number of rotatable bonds is 4. The lowest BCUT2D eigenvalue weighted by atomic mass is 10.2. The van der Waals surface area contributed by atoms with Crippen LogP contribution in [0.4, 0.5) is 0 Å². The van der Waals surface area contributed by atoms with Crippen LogP contribution in [0, 0.1) is 0 Å². The molecule has 1 rings (SSSR count). The maximum absolute atomic E-state index is 5.70. The first-order valence-corrected chi connectivity index (χ1v) is 6.33. The minimum atomic E-state index is 0.459. The van der Waals surface area contributed by atoms with Gasteiger partial charge in [-0.2, -0.15) is 11.8 Å². The number of ether oxygens (including phenoxy) is 1. The van der Waals surface area contributed by atoms with E-state index in [9.17, 15) is 0 Å². The molecule has 0 bridgehead atoms.